The number of nitrogens with two attached hydrogens (primary N) is 1. The van der Waals surface area contributed by atoms with E-state index in [9.17, 15) is 4.79 Å². The maximum atomic E-state index is 12.5. The summed E-state index contributed by atoms with van der Waals surface area (Å²) in [7, 11) is 1.46. The van der Waals surface area contributed by atoms with Crippen LogP contribution in [0.2, 0.25) is 5.02 Å². The normalized spacial score (nSPS) is 10.4. The molecule has 0 aliphatic carbocycles. The fourth-order valence-electron chi connectivity index (χ4n) is 2.54. The summed E-state index contributed by atoms with van der Waals surface area (Å²) < 4.78 is 16.0. The SMILES string of the molecule is CCOc1c(Cl)cc(C(=O)OCc2nc(N)nc(Nc3ccccc3)n2)cc1OC. The van der Waals surface area contributed by atoms with Crippen LogP contribution in [0.25, 0.3) is 0 Å². The van der Waals surface area contributed by atoms with Gasteiger partial charge in [0, 0.05) is 5.69 Å². The van der Waals surface area contributed by atoms with Crippen molar-refractivity contribution in [3.8, 4) is 11.5 Å². The lowest BCUT2D eigenvalue weighted by atomic mass is 10.2. The fourth-order valence-corrected chi connectivity index (χ4v) is 2.81. The first-order valence-corrected chi connectivity index (χ1v) is 9.38. The zero-order chi connectivity index (χ0) is 21.5. The Hall–Kier alpha value is -3.59. The number of aromatic nitrogens is 3. The number of esters is 1. The lowest BCUT2D eigenvalue weighted by molar-refractivity contribution is 0.0461. The van der Waals surface area contributed by atoms with Gasteiger partial charge in [0.25, 0.3) is 0 Å². The zero-order valence-corrected chi connectivity index (χ0v) is 17.1. The van der Waals surface area contributed by atoms with E-state index in [1.54, 1.807) is 0 Å². The summed E-state index contributed by atoms with van der Waals surface area (Å²) in [5.41, 5.74) is 6.72. The van der Waals surface area contributed by atoms with Gasteiger partial charge in [0.1, 0.15) is 0 Å². The molecule has 3 aromatic rings. The topological polar surface area (TPSA) is 121 Å². The molecule has 0 aliphatic heterocycles. The van der Waals surface area contributed by atoms with Gasteiger partial charge in [-0.3, -0.25) is 0 Å². The minimum absolute atomic E-state index is 0.000242. The Morgan fingerprint density at radius 1 is 1.17 bits per heavy atom. The van der Waals surface area contributed by atoms with Crippen molar-refractivity contribution in [1.82, 2.24) is 15.0 Å². The largest absolute Gasteiger partial charge is 0.493 e. The molecule has 0 unspecified atom stereocenters. The summed E-state index contributed by atoms with van der Waals surface area (Å²) in [5, 5.41) is 3.25. The molecular formula is C20H20ClN5O4. The second-order valence-electron chi connectivity index (χ2n) is 5.92. The third-order valence-corrected chi connectivity index (χ3v) is 4.10. The highest BCUT2D eigenvalue weighted by atomic mass is 35.5. The summed E-state index contributed by atoms with van der Waals surface area (Å²) >= 11 is 6.20. The van der Waals surface area contributed by atoms with E-state index >= 15 is 0 Å². The van der Waals surface area contributed by atoms with E-state index in [4.69, 9.17) is 31.5 Å². The molecule has 156 valence electrons. The van der Waals surface area contributed by atoms with Crippen LogP contribution in [0, 0.1) is 0 Å². The Kier molecular flexibility index (Phi) is 6.87. The Bertz CT molecular complexity index is 1030. The first kappa shape index (κ1) is 21.1. The van der Waals surface area contributed by atoms with Crippen molar-refractivity contribution >= 4 is 35.2 Å². The number of nitrogen functional groups attached to an aromatic ring is 1. The van der Waals surface area contributed by atoms with E-state index in [1.807, 2.05) is 37.3 Å². The standard InChI is InChI=1S/C20H20ClN5O4/c1-3-29-17-14(21)9-12(10-15(17)28-2)18(27)30-11-16-24-19(22)26-20(25-16)23-13-7-5-4-6-8-13/h4-10H,3,11H2,1-2H3,(H3,22,23,24,25,26). The van der Waals surface area contributed by atoms with Crippen molar-refractivity contribution in [2.75, 3.05) is 24.8 Å². The molecule has 3 rings (SSSR count). The average Bonchev–Trinajstić information content (AvgIpc) is 2.73. The number of carbonyl (C=O) groups excluding carboxylic acids is 1. The number of carbonyl (C=O) groups is 1. The number of benzene rings is 2. The van der Waals surface area contributed by atoms with Crippen LogP contribution in [-0.2, 0) is 11.3 Å². The summed E-state index contributed by atoms with van der Waals surface area (Å²) in [6.45, 7) is 2.02. The summed E-state index contributed by atoms with van der Waals surface area (Å²) in [4.78, 5) is 24.7. The molecule has 3 N–H and O–H groups in total. The van der Waals surface area contributed by atoms with E-state index < -0.39 is 5.97 Å². The molecule has 0 spiro atoms. The minimum Gasteiger partial charge on any atom is -0.493 e. The molecule has 2 aromatic carbocycles. The number of ether oxygens (including phenoxy) is 3. The fraction of sp³-hybridized carbons (Fsp3) is 0.200. The Morgan fingerprint density at radius 3 is 2.63 bits per heavy atom. The minimum atomic E-state index is -0.630. The van der Waals surface area contributed by atoms with Crippen molar-refractivity contribution in [2.45, 2.75) is 13.5 Å². The predicted molar refractivity (Wildman–Crippen MR) is 112 cm³/mol. The molecule has 0 fully saturated rings. The maximum Gasteiger partial charge on any atom is 0.338 e. The summed E-state index contributed by atoms with van der Waals surface area (Å²) in [6, 6.07) is 12.3. The van der Waals surface area contributed by atoms with Gasteiger partial charge in [-0.15, -0.1) is 0 Å². The number of hydrogen-bond acceptors (Lipinski definition) is 9. The third-order valence-electron chi connectivity index (χ3n) is 3.82. The van der Waals surface area contributed by atoms with Gasteiger partial charge in [-0.05, 0) is 31.2 Å². The number of rotatable bonds is 8. The highest BCUT2D eigenvalue weighted by Crippen LogP contribution is 2.36. The van der Waals surface area contributed by atoms with E-state index in [0.29, 0.717) is 18.1 Å². The summed E-state index contributed by atoms with van der Waals surface area (Å²) in [5.74, 6) is 0.494. The van der Waals surface area contributed by atoms with E-state index in [1.165, 1.54) is 19.2 Å². The van der Waals surface area contributed by atoms with Crippen molar-refractivity contribution in [3.05, 3.63) is 58.9 Å². The number of anilines is 3. The molecule has 0 aliphatic rings. The van der Waals surface area contributed by atoms with Gasteiger partial charge in [0.15, 0.2) is 23.9 Å². The smallest absolute Gasteiger partial charge is 0.338 e. The first-order chi connectivity index (χ1) is 14.5. The highest BCUT2D eigenvalue weighted by Gasteiger charge is 2.17. The van der Waals surface area contributed by atoms with E-state index in [2.05, 4.69) is 20.3 Å². The quantitative estimate of drug-likeness (QED) is 0.517. The van der Waals surface area contributed by atoms with Crippen molar-refractivity contribution in [1.29, 1.82) is 0 Å². The lowest BCUT2D eigenvalue weighted by Crippen LogP contribution is -2.11. The number of hydrogen-bond donors (Lipinski definition) is 2. The van der Waals surface area contributed by atoms with Crippen LogP contribution in [0.15, 0.2) is 42.5 Å². The maximum absolute atomic E-state index is 12.5. The number of methoxy groups -OCH3 is 1. The van der Waals surface area contributed by atoms with Crippen molar-refractivity contribution in [2.24, 2.45) is 0 Å². The molecule has 0 saturated carbocycles. The Labute approximate surface area is 178 Å². The molecule has 9 nitrogen and oxygen atoms in total. The van der Waals surface area contributed by atoms with Crippen LogP contribution in [0.5, 0.6) is 11.5 Å². The second kappa shape index (κ2) is 9.75. The second-order valence-corrected chi connectivity index (χ2v) is 6.33. The van der Waals surface area contributed by atoms with Gasteiger partial charge in [0.2, 0.25) is 11.9 Å². The molecule has 1 aromatic heterocycles. The summed E-state index contributed by atoms with van der Waals surface area (Å²) in [6.07, 6.45) is 0. The molecule has 0 amide bonds. The number of halogens is 1. The van der Waals surface area contributed by atoms with Crippen LogP contribution in [0.1, 0.15) is 23.1 Å². The van der Waals surface area contributed by atoms with Crippen molar-refractivity contribution in [3.63, 3.8) is 0 Å². The van der Waals surface area contributed by atoms with Gasteiger partial charge < -0.3 is 25.3 Å². The van der Waals surface area contributed by atoms with E-state index in [-0.39, 0.29) is 34.9 Å². The average molecular weight is 430 g/mol. The zero-order valence-electron chi connectivity index (χ0n) is 16.4. The molecule has 1 heterocycles. The van der Waals surface area contributed by atoms with Gasteiger partial charge in [-0.2, -0.15) is 15.0 Å². The molecule has 0 atom stereocenters. The van der Waals surface area contributed by atoms with E-state index in [0.717, 1.165) is 5.69 Å². The molecular weight excluding hydrogens is 410 g/mol. The molecule has 0 bridgehead atoms. The lowest BCUT2D eigenvalue weighted by Gasteiger charge is -2.13. The van der Waals surface area contributed by atoms with Crippen LogP contribution in [0.4, 0.5) is 17.6 Å². The Morgan fingerprint density at radius 2 is 1.93 bits per heavy atom. The van der Waals surface area contributed by atoms with Gasteiger partial charge in [-0.1, -0.05) is 29.8 Å². The molecule has 0 radical (unpaired) electrons. The molecule has 10 heteroatoms. The molecule has 0 saturated heterocycles. The number of nitrogens with zero attached hydrogens (tertiary/aromatic N) is 3. The number of nitrogens with one attached hydrogen (secondary N) is 1. The van der Waals surface area contributed by atoms with Gasteiger partial charge >= 0.3 is 5.97 Å². The van der Waals surface area contributed by atoms with Crippen LogP contribution in [0.3, 0.4) is 0 Å². The van der Waals surface area contributed by atoms with Crippen LogP contribution >= 0.6 is 11.6 Å². The highest BCUT2D eigenvalue weighted by molar-refractivity contribution is 6.32. The monoisotopic (exact) mass is 429 g/mol. The van der Waals surface area contributed by atoms with Crippen LogP contribution in [-0.4, -0.2) is 34.6 Å². The third kappa shape index (κ3) is 5.26. The van der Waals surface area contributed by atoms with Gasteiger partial charge in [0.05, 0.1) is 24.3 Å². The van der Waals surface area contributed by atoms with Crippen LogP contribution < -0.4 is 20.5 Å². The predicted octanol–water partition coefficient (Wildman–Crippen LogP) is 3.62. The Balaban J connectivity index is 1.72. The molecule has 30 heavy (non-hydrogen) atoms. The van der Waals surface area contributed by atoms with Crippen molar-refractivity contribution < 1.29 is 19.0 Å². The number of para-hydroxylation sites is 1. The first-order valence-electron chi connectivity index (χ1n) is 9.00. The van der Waals surface area contributed by atoms with Gasteiger partial charge in [-0.25, -0.2) is 4.79 Å².